The molecule has 1 radical (unpaired) electrons. The first-order chi connectivity index (χ1) is 1.41. The van der Waals surface area contributed by atoms with Crippen molar-refractivity contribution >= 4 is 0 Å². The molecule has 4 heavy (non-hydrogen) atoms. The van der Waals surface area contributed by atoms with Crippen molar-refractivity contribution in [1.29, 1.82) is 0 Å². The third kappa shape index (κ3) is 18.1. The van der Waals surface area contributed by atoms with Gasteiger partial charge >= 0.3 is 39.1 Å². The van der Waals surface area contributed by atoms with Crippen molar-refractivity contribution in [3.8, 4) is 0 Å². The van der Waals surface area contributed by atoms with Crippen LogP contribution in [-0.2, 0) is 39.1 Å². The van der Waals surface area contributed by atoms with Crippen molar-refractivity contribution in [2.75, 3.05) is 0 Å². The van der Waals surface area contributed by atoms with Gasteiger partial charge in [0.25, 0.3) is 0 Å². The Labute approximate surface area is 39.5 Å². The molecule has 0 N–H and O–H groups in total. The van der Waals surface area contributed by atoms with Crippen molar-refractivity contribution in [2.24, 2.45) is 0 Å². The Morgan fingerprint density at radius 1 is 1.25 bits per heavy atom. The second-order valence-electron chi connectivity index (χ2n) is 0.0556. The van der Waals surface area contributed by atoms with Gasteiger partial charge in [0.05, 0.1) is 0 Å². The summed E-state index contributed by atoms with van der Waals surface area (Å²) < 4.78 is 16.7. The summed E-state index contributed by atoms with van der Waals surface area (Å²) in [5, 5.41) is 0. The zero-order valence-corrected chi connectivity index (χ0v) is 3.57. The van der Waals surface area contributed by atoms with Gasteiger partial charge in [-0.25, -0.2) is 0 Å². The molecule has 0 saturated carbocycles. The monoisotopic (exact) mass is 150 g/mol. The summed E-state index contributed by atoms with van der Waals surface area (Å²) in [5.41, 5.74) is 0. The fourth-order valence-electron chi connectivity index (χ4n) is 0. The van der Waals surface area contributed by atoms with Gasteiger partial charge in [-0.1, -0.05) is 0 Å². The molecule has 0 aliphatic carbocycles. The van der Waals surface area contributed by atoms with Gasteiger partial charge in [0.2, 0.25) is 0 Å². The average molecular weight is 150 g/mol. The number of rotatable bonds is 0. The van der Waals surface area contributed by atoms with Gasteiger partial charge in [-0.2, -0.15) is 0 Å². The van der Waals surface area contributed by atoms with Crippen LogP contribution >= 0.6 is 0 Å². The second-order valence-corrected chi connectivity index (χ2v) is 0.229. The van der Waals surface area contributed by atoms with E-state index in [0.29, 0.717) is 0 Å². The van der Waals surface area contributed by atoms with Crippen LogP contribution < -0.4 is 0 Å². The van der Waals surface area contributed by atoms with E-state index in [-0.39, 0.29) is 16.8 Å². The van der Waals surface area contributed by atoms with E-state index in [2.05, 4.69) is 0 Å². The van der Waals surface area contributed by atoms with E-state index in [9.17, 15) is 0 Å². The van der Waals surface area contributed by atoms with Gasteiger partial charge in [-0.3, -0.25) is 0 Å². The molecule has 4 heteroatoms. The van der Waals surface area contributed by atoms with Crippen LogP contribution in [0.4, 0.5) is 0 Å². The summed E-state index contributed by atoms with van der Waals surface area (Å²) in [6.45, 7) is 0. The third-order valence-corrected chi connectivity index (χ3v) is 0. The zero-order valence-electron chi connectivity index (χ0n) is 1.48. The van der Waals surface area contributed by atoms with Gasteiger partial charge in [0.15, 0.2) is 0 Å². The fraction of sp³-hybridized carbons (Fsp3) is 0. The Bertz CT molecular complexity index is 25.0. The van der Waals surface area contributed by atoms with Crippen LogP contribution in [0.1, 0.15) is 0 Å². The van der Waals surface area contributed by atoms with Crippen molar-refractivity contribution in [2.45, 2.75) is 0 Å². The molecule has 0 bridgehead atoms. The predicted octanol–water partition coefficient (Wildman–Crippen LogP) is -0.243. The zero-order chi connectivity index (χ0) is 2.71. The van der Waals surface area contributed by atoms with E-state index < -0.39 is 14.6 Å². The Balaban J connectivity index is 0. The Morgan fingerprint density at radius 2 is 1.25 bits per heavy atom. The van der Waals surface area contributed by atoms with Gasteiger partial charge < -0.3 is 0 Å². The molecule has 0 aromatic rings. The van der Waals surface area contributed by atoms with E-state index >= 15 is 0 Å². The van der Waals surface area contributed by atoms with E-state index in [1.807, 2.05) is 0 Å². The summed E-state index contributed by atoms with van der Waals surface area (Å²) >= 11 is -1.06. The molecule has 0 rings (SSSR count). The average Bonchev–Trinajstić information content (AvgIpc) is 0.918. The summed E-state index contributed by atoms with van der Waals surface area (Å²) in [6.07, 6.45) is 0. The van der Waals surface area contributed by atoms with E-state index in [4.69, 9.17) is 7.73 Å². The number of hydrogen-bond donors (Lipinski definition) is 0. The van der Waals surface area contributed by atoms with Gasteiger partial charge in [0, 0.05) is 0 Å². The quantitative estimate of drug-likeness (QED) is 0.477. The molecule has 0 saturated heterocycles. The molecule has 0 heterocycles. The maximum absolute atomic E-state index is 8.34. The molecule has 0 fully saturated rings. The predicted molar refractivity (Wildman–Crippen MR) is 1.37 cm³/mol. The molecule has 0 atom stereocenters. The minimum atomic E-state index is -1.06. The first kappa shape index (κ1) is 8.82. The minimum absolute atomic E-state index is 0. The molecule has 0 aliphatic rings. The summed E-state index contributed by atoms with van der Waals surface area (Å²) in [4.78, 5) is 0. The molecule has 0 aromatic carbocycles. The van der Waals surface area contributed by atoms with E-state index in [1.165, 1.54) is 0 Å². The Kier molecular flexibility index (Phi) is 20.9. The molecule has 0 amide bonds. The fourth-order valence-corrected chi connectivity index (χ4v) is 0. The van der Waals surface area contributed by atoms with Crippen LogP contribution in [-0.4, -0.2) is 0 Å². The topological polar surface area (TPSA) is 34.1 Å². The van der Waals surface area contributed by atoms with Crippen molar-refractivity contribution in [3.63, 3.8) is 0 Å². The molecule has 28 valence electrons. The summed E-state index contributed by atoms with van der Waals surface area (Å²) in [7, 11) is 0. The van der Waals surface area contributed by atoms with Crippen LogP contribution in [0.5, 0.6) is 0 Å². The Hall–Kier alpha value is 0.613. The van der Waals surface area contributed by atoms with Crippen LogP contribution in [0.25, 0.3) is 0 Å². The normalized spacial score (nSPS) is 4.00. The van der Waals surface area contributed by atoms with Crippen LogP contribution in [0, 0.1) is 0 Å². The molecule has 0 spiro atoms. The van der Waals surface area contributed by atoms with Gasteiger partial charge in [-0.15, -0.1) is 0 Å². The standard InChI is InChI=1S/2Co.2O/q;+2;;. The molecule has 2 nitrogen and oxygen atoms in total. The first-order valence-corrected chi connectivity index (χ1v) is 1.12. The third-order valence-electron chi connectivity index (χ3n) is 0. The molecule has 0 aliphatic heterocycles. The van der Waals surface area contributed by atoms with Crippen LogP contribution in [0.3, 0.4) is 0 Å². The van der Waals surface area contributed by atoms with Crippen molar-refractivity contribution in [1.82, 2.24) is 0 Å². The molecule has 0 aromatic heterocycles. The van der Waals surface area contributed by atoms with Gasteiger partial charge in [-0.05, 0) is 0 Å². The molecule has 0 unspecified atom stereocenters. The van der Waals surface area contributed by atoms with Crippen molar-refractivity contribution < 1.29 is 39.1 Å². The van der Waals surface area contributed by atoms with Crippen molar-refractivity contribution in [3.05, 3.63) is 0 Å². The molecular weight excluding hydrogens is 150 g/mol. The summed E-state index contributed by atoms with van der Waals surface area (Å²) in [5.74, 6) is 0. The van der Waals surface area contributed by atoms with Crippen LogP contribution in [0.15, 0.2) is 0 Å². The Morgan fingerprint density at radius 3 is 1.25 bits per heavy atom. The maximum atomic E-state index is 8.34. The SMILES string of the molecule is [Co+2].[O]=[Co]=[O]. The number of hydrogen-bond acceptors (Lipinski definition) is 2. The van der Waals surface area contributed by atoms with Gasteiger partial charge in [0.1, 0.15) is 0 Å². The molecular formula is Co2O2+2. The van der Waals surface area contributed by atoms with E-state index in [0.717, 1.165) is 0 Å². The summed E-state index contributed by atoms with van der Waals surface area (Å²) in [6, 6.07) is 0. The second kappa shape index (κ2) is 9.48. The van der Waals surface area contributed by atoms with E-state index in [1.54, 1.807) is 0 Å². The first-order valence-electron chi connectivity index (χ1n) is 0.272. The van der Waals surface area contributed by atoms with Crippen LogP contribution in [0.2, 0.25) is 0 Å².